The fraction of sp³-hybridized carbons (Fsp3) is 0.842. The summed E-state index contributed by atoms with van der Waals surface area (Å²) in [6.07, 6.45) is 9.81. The number of carbonyl (C=O) groups excluding carboxylic acids is 1. The fourth-order valence-electron chi connectivity index (χ4n) is 4.11. The summed E-state index contributed by atoms with van der Waals surface area (Å²) in [4.78, 5) is 12.8. The summed E-state index contributed by atoms with van der Waals surface area (Å²) >= 11 is 0. The van der Waals surface area contributed by atoms with Crippen LogP contribution in [0.15, 0.2) is 11.3 Å². The van der Waals surface area contributed by atoms with Crippen molar-refractivity contribution in [1.29, 1.82) is 0 Å². The van der Waals surface area contributed by atoms with Crippen molar-refractivity contribution in [2.75, 3.05) is 0 Å². The molecular weight excluding hydrogens is 260 g/mol. The number of allylic oxidation sites excluding steroid dienone is 2. The van der Waals surface area contributed by atoms with Gasteiger partial charge in [0.15, 0.2) is 5.78 Å². The maximum atomic E-state index is 12.8. The lowest BCUT2D eigenvalue weighted by Crippen LogP contribution is -2.32. The van der Waals surface area contributed by atoms with Crippen molar-refractivity contribution in [3.63, 3.8) is 0 Å². The lowest BCUT2D eigenvalue weighted by atomic mass is 9.69. The highest BCUT2D eigenvalue weighted by Gasteiger charge is 2.37. The highest BCUT2D eigenvalue weighted by molar-refractivity contribution is 5.99. The van der Waals surface area contributed by atoms with Crippen LogP contribution in [0, 0.1) is 16.7 Å². The van der Waals surface area contributed by atoms with E-state index in [1.807, 2.05) is 6.92 Å². The highest BCUT2D eigenvalue weighted by atomic mass is 16.3. The van der Waals surface area contributed by atoms with Crippen molar-refractivity contribution >= 4 is 5.78 Å². The molecule has 2 rings (SSSR count). The van der Waals surface area contributed by atoms with Gasteiger partial charge in [0, 0.05) is 16.9 Å². The Morgan fingerprint density at radius 1 is 0.952 bits per heavy atom. The van der Waals surface area contributed by atoms with Crippen molar-refractivity contribution < 1.29 is 9.90 Å². The predicted molar refractivity (Wildman–Crippen MR) is 87.3 cm³/mol. The van der Waals surface area contributed by atoms with E-state index in [0.717, 1.165) is 51.4 Å². The van der Waals surface area contributed by atoms with E-state index in [-0.39, 0.29) is 17.1 Å². The maximum absolute atomic E-state index is 12.8. The zero-order chi connectivity index (χ0) is 15.7. The van der Waals surface area contributed by atoms with E-state index in [4.69, 9.17) is 0 Å². The first kappa shape index (κ1) is 16.6. The molecule has 2 fully saturated rings. The summed E-state index contributed by atoms with van der Waals surface area (Å²) in [7, 11) is 0. The molecule has 0 aromatic carbocycles. The summed E-state index contributed by atoms with van der Waals surface area (Å²) in [6.45, 7) is 8.53. The summed E-state index contributed by atoms with van der Waals surface area (Å²) in [6, 6.07) is 0. The van der Waals surface area contributed by atoms with Gasteiger partial charge in [-0.2, -0.15) is 0 Å². The molecule has 120 valence electrons. The van der Waals surface area contributed by atoms with Crippen molar-refractivity contribution in [1.82, 2.24) is 0 Å². The number of aliphatic hydroxyl groups excluding tert-OH is 1. The third kappa shape index (κ3) is 3.70. The van der Waals surface area contributed by atoms with Gasteiger partial charge in [0.2, 0.25) is 0 Å². The molecule has 0 bridgehead atoms. The van der Waals surface area contributed by atoms with Gasteiger partial charge in [-0.15, -0.1) is 0 Å². The van der Waals surface area contributed by atoms with Crippen molar-refractivity contribution in [2.45, 2.75) is 85.5 Å². The van der Waals surface area contributed by atoms with Crippen LogP contribution in [-0.4, -0.2) is 10.9 Å². The zero-order valence-electron chi connectivity index (χ0n) is 14.3. The van der Waals surface area contributed by atoms with Crippen LogP contribution in [0.5, 0.6) is 0 Å². The molecule has 21 heavy (non-hydrogen) atoms. The van der Waals surface area contributed by atoms with Gasteiger partial charge >= 0.3 is 0 Å². The average molecular weight is 292 g/mol. The number of carbonyl (C=O) groups is 1. The third-order valence-corrected chi connectivity index (χ3v) is 5.96. The molecule has 0 amide bonds. The first-order chi connectivity index (χ1) is 9.75. The normalized spacial score (nSPS) is 27.0. The monoisotopic (exact) mass is 292 g/mol. The van der Waals surface area contributed by atoms with Crippen LogP contribution in [-0.2, 0) is 4.79 Å². The molecule has 0 atom stereocenters. The minimum absolute atomic E-state index is 0.199. The van der Waals surface area contributed by atoms with Gasteiger partial charge in [-0.25, -0.2) is 0 Å². The Bertz CT molecular complexity index is 415. The van der Waals surface area contributed by atoms with Crippen molar-refractivity contribution in [3.8, 4) is 0 Å². The molecule has 0 aromatic heterocycles. The topological polar surface area (TPSA) is 37.3 Å². The van der Waals surface area contributed by atoms with Gasteiger partial charge < -0.3 is 5.11 Å². The number of rotatable bonds is 3. The summed E-state index contributed by atoms with van der Waals surface area (Å²) < 4.78 is 0. The van der Waals surface area contributed by atoms with E-state index in [0.29, 0.717) is 16.7 Å². The van der Waals surface area contributed by atoms with Gasteiger partial charge in [0.25, 0.3) is 0 Å². The van der Waals surface area contributed by atoms with E-state index in [1.54, 1.807) is 0 Å². The van der Waals surface area contributed by atoms with Crippen molar-refractivity contribution in [3.05, 3.63) is 11.3 Å². The molecule has 2 heteroatoms. The number of ketones is 1. The third-order valence-electron chi connectivity index (χ3n) is 5.96. The minimum Gasteiger partial charge on any atom is -0.512 e. The Labute approximate surface area is 130 Å². The maximum Gasteiger partial charge on any atom is 0.167 e. The highest BCUT2D eigenvalue weighted by Crippen LogP contribution is 2.43. The van der Waals surface area contributed by atoms with E-state index in [2.05, 4.69) is 20.8 Å². The number of hydrogen-bond donors (Lipinski definition) is 1. The van der Waals surface area contributed by atoms with Crippen LogP contribution in [0.25, 0.3) is 0 Å². The molecule has 0 spiro atoms. The molecule has 2 aliphatic carbocycles. The van der Waals surface area contributed by atoms with Gasteiger partial charge in [0.1, 0.15) is 5.76 Å². The molecule has 0 saturated heterocycles. The van der Waals surface area contributed by atoms with E-state index >= 15 is 0 Å². The van der Waals surface area contributed by atoms with Gasteiger partial charge in [0.05, 0.1) is 0 Å². The molecule has 0 heterocycles. The zero-order valence-corrected chi connectivity index (χ0v) is 14.3. The predicted octanol–water partition coefficient (Wildman–Crippen LogP) is 5.57. The Kier molecular flexibility index (Phi) is 4.85. The quantitative estimate of drug-likeness (QED) is 0.545. The van der Waals surface area contributed by atoms with Gasteiger partial charge in [-0.3, -0.25) is 4.79 Å². The van der Waals surface area contributed by atoms with Crippen LogP contribution in [0.4, 0.5) is 0 Å². The Balaban J connectivity index is 2.09. The Hall–Kier alpha value is -0.790. The molecule has 2 saturated carbocycles. The SMILES string of the molecule is C/C(C(=O)C1(C)CCCCC1)=C(/O)C1CCC(C)(C)CC1. The summed E-state index contributed by atoms with van der Waals surface area (Å²) in [5.74, 6) is 0.793. The second-order valence-electron chi connectivity index (χ2n) is 8.40. The molecule has 2 aliphatic rings. The largest absolute Gasteiger partial charge is 0.512 e. The standard InChI is InChI=1S/C19H32O2/c1-14(17(21)19(4)10-6-5-7-11-19)16(20)15-8-12-18(2,3)13-9-15/h15,20H,5-13H2,1-4H3/b16-14-. The molecule has 0 unspecified atom stereocenters. The second-order valence-corrected chi connectivity index (χ2v) is 8.40. The van der Waals surface area contributed by atoms with Crippen LogP contribution < -0.4 is 0 Å². The molecular formula is C19H32O2. The smallest absolute Gasteiger partial charge is 0.167 e. The van der Waals surface area contributed by atoms with E-state index in [1.165, 1.54) is 6.42 Å². The fourth-order valence-corrected chi connectivity index (χ4v) is 4.11. The van der Waals surface area contributed by atoms with Crippen LogP contribution in [0.1, 0.15) is 85.5 Å². The Morgan fingerprint density at radius 3 is 2.00 bits per heavy atom. The van der Waals surface area contributed by atoms with Crippen LogP contribution in [0.2, 0.25) is 0 Å². The van der Waals surface area contributed by atoms with Crippen LogP contribution in [0.3, 0.4) is 0 Å². The molecule has 0 aromatic rings. The summed E-state index contributed by atoms with van der Waals surface area (Å²) in [5, 5.41) is 10.6. The first-order valence-corrected chi connectivity index (χ1v) is 8.70. The van der Waals surface area contributed by atoms with Crippen molar-refractivity contribution in [2.24, 2.45) is 16.7 Å². The summed E-state index contributed by atoms with van der Waals surface area (Å²) in [5.41, 5.74) is 0.804. The number of Topliss-reactive ketones (excluding diaryl/α,β-unsaturated/α-hetero) is 1. The molecule has 1 N–H and O–H groups in total. The minimum atomic E-state index is -0.232. The lowest BCUT2D eigenvalue weighted by molar-refractivity contribution is -0.125. The van der Waals surface area contributed by atoms with E-state index < -0.39 is 0 Å². The van der Waals surface area contributed by atoms with E-state index in [9.17, 15) is 9.90 Å². The van der Waals surface area contributed by atoms with Gasteiger partial charge in [-0.1, -0.05) is 40.0 Å². The number of hydrogen-bond acceptors (Lipinski definition) is 2. The molecule has 2 nitrogen and oxygen atoms in total. The average Bonchev–Trinajstić information content (AvgIpc) is 2.46. The number of aliphatic hydroxyl groups is 1. The van der Waals surface area contributed by atoms with Gasteiger partial charge in [-0.05, 0) is 50.9 Å². The molecule has 0 radical (unpaired) electrons. The Morgan fingerprint density at radius 2 is 1.48 bits per heavy atom. The second kappa shape index (κ2) is 6.14. The van der Waals surface area contributed by atoms with Crippen LogP contribution >= 0.6 is 0 Å². The molecule has 0 aliphatic heterocycles. The first-order valence-electron chi connectivity index (χ1n) is 8.70. The lowest BCUT2D eigenvalue weighted by Gasteiger charge is -2.36.